The van der Waals surface area contributed by atoms with Crippen LogP contribution < -0.4 is 10.5 Å². The molecule has 6 heteroatoms. The van der Waals surface area contributed by atoms with E-state index in [-0.39, 0.29) is 6.04 Å². The van der Waals surface area contributed by atoms with Crippen LogP contribution in [0.2, 0.25) is 0 Å². The minimum atomic E-state index is -3.44. The van der Waals surface area contributed by atoms with Crippen LogP contribution in [0, 0.1) is 0 Å². The number of hydrogen-bond donors (Lipinski definition) is 2. The van der Waals surface area contributed by atoms with Gasteiger partial charge in [0.1, 0.15) is 0 Å². The third-order valence-corrected chi connectivity index (χ3v) is 5.53. The summed E-state index contributed by atoms with van der Waals surface area (Å²) in [5.41, 5.74) is 5.11. The van der Waals surface area contributed by atoms with Gasteiger partial charge in [-0.1, -0.05) is 25.7 Å². The fourth-order valence-corrected chi connectivity index (χ4v) is 4.60. The van der Waals surface area contributed by atoms with Gasteiger partial charge in [-0.25, -0.2) is 0 Å². The molecule has 1 fully saturated rings. The van der Waals surface area contributed by atoms with E-state index in [1.165, 1.54) is 12.8 Å². The molecule has 20 heavy (non-hydrogen) atoms. The maximum absolute atomic E-state index is 12.6. The molecule has 0 bridgehead atoms. The zero-order valence-corrected chi connectivity index (χ0v) is 14.0. The van der Waals surface area contributed by atoms with Crippen LogP contribution in [0.25, 0.3) is 0 Å². The Morgan fingerprint density at radius 2 is 1.70 bits per heavy atom. The van der Waals surface area contributed by atoms with Crippen LogP contribution >= 0.6 is 0 Å². The first-order chi connectivity index (χ1) is 9.26. The van der Waals surface area contributed by atoms with Crippen LogP contribution in [-0.2, 0) is 10.2 Å². The van der Waals surface area contributed by atoms with Crippen molar-refractivity contribution in [3.05, 3.63) is 0 Å². The second-order valence-electron chi connectivity index (χ2n) is 6.76. The quantitative estimate of drug-likeness (QED) is 0.737. The predicted molar refractivity (Wildman–Crippen MR) is 83.7 cm³/mol. The van der Waals surface area contributed by atoms with E-state index in [0.29, 0.717) is 19.5 Å². The predicted octanol–water partition coefficient (Wildman–Crippen LogP) is 1.99. The minimum Gasteiger partial charge on any atom is -0.330 e. The Morgan fingerprint density at radius 3 is 2.15 bits per heavy atom. The highest BCUT2D eigenvalue weighted by Crippen LogP contribution is 2.24. The van der Waals surface area contributed by atoms with Crippen LogP contribution in [0.3, 0.4) is 0 Å². The van der Waals surface area contributed by atoms with Crippen molar-refractivity contribution in [3.63, 3.8) is 0 Å². The summed E-state index contributed by atoms with van der Waals surface area (Å²) < 4.78 is 29.7. The molecule has 0 aliphatic heterocycles. The molecule has 0 radical (unpaired) electrons. The van der Waals surface area contributed by atoms with Crippen molar-refractivity contribution in [2.75, 3.05) is 13.1 Å². The Bertz CT molecular complexity index is 368. The molecule has 1 rings (SSSR count). The number of rotatable bonds is 6. The van der Waals surface area contributed by atoms with Crippen molar-refractivity contribution >= 4 is 10.2 Å². The average Bonchev–Trinajstić information content (AvgIpc) is 2.54. The lowest BCUT2D eigenvalue weighted by Crippen LogP contribution is -2.52. The lowest BCUT2D eigenvalue weighted by molar-refractivity contribution is 0.281. The minimum absolute atomic E-state index is 0.129. The van der Waals surface area contributed by atoms with Crippen LogP contribution in [0.15, 0.2) is 0 Å². The molecule has 5 nitrogen and oxygen atoms in total. The van der Waals surface area contributed by atoms with Gasteiger partial charge < -0.3 is 5.73 Å². The molecule has 120 valence electrons. The molecular formula is C14H31N3O2S. The van der Waals surface area contributed by atoms with E-state index in [0.717, 1.165) is 25.7 Å². The third kappa shape index (κ3) is 6.08. The Balaban J connectivity index is 2.86. The van der Waals surface area contributed by atoms with E-state index >= 15 is 0 Å². The summed E-state index contributed by atoms with van der Waals surface area (Å²) in [6.45, 7) is 6.66. The second kappa shape index (κ2) is 7.73. The summed E-state index contributed by atoms with van der Waals surface area (Å²) in [6, 6.07) is 0.129. The molecule has 0 unspecified atom stereocenters. The number of hydrogen-bond acceptors (Lipinski definition) is 3. The Labute approximate surface area is 124 Å². The van der Waals surface area contributed by atoms with Gasteiger partial charge in [0, 0.05) is 18.1 Å². The Hall–Kier alpha value is -0.170. The zero-order chi connectivity index (χ0) is 15.2. The van der Waals surface area contributed by atoms with E-state index in [4.69, 9.17) is 5.73 Å². The van der Waals surface area contributed by atoms with Crippen molar-refractivity contribution < 1.29 is 8.42 Å². The van der Waals surface area contributed by atoms with Crippen molar-refractivity contribution in [3.8, 4) is 0 Å². The highest BCUT2D eigenvalue weighted by atomic mass is 32.2. The van der Waals surface area contributed by atoms with Gasteiger partial charge in [0.05, 0.1) is 0 Å². The summed E-state index contributed by atoms with van der Waals surface area (Å²) in [5, 5.41) is 0. The van der Waals surface area contributed by atoms with Gasteiger partial charge in [0.15, 0.2) is 0 Å². The van der Waals surface area contributed by atoms with Crippen LogP contribution in [-0.4, -0.2) is 37.4 Å². The number of nitrogens with zero attached hydrogens (tertiary/aromatic N) is 1. The van der Waals surface area contributed by atoms with E-state index < -0.39 is 15.7 Å². The highest BCUT2D eigenvalue weighted by molar-refractivity contribution is 7.87. The summed E-state index contributed by atoms with van der Waals surface area (Å²) >= 11 is 0. The second-order valence-corrected chi connectivity index (χ2v) is 8.38. The number of nitrogens with one attached hydrogen (secondary N) is 1. The molecule has 1 aliphatic rings. The summed E-state index contributed by atoms with van der Waals surface area (Å²) in [5.74, 6) is 0. The smallest absolute Gasteiger partial charge is 0.280 e. The molecule has 1 saturated carbocycles. The van der Waals surface area contributed by atoms with Gasteiger partial charge in [0.2, 0.25) is 0 Å². The van der Waals surface area contributed by atoms with Gasteiger partial charge in [-0.2, -0.15) is 17.4 Å². The molecule has 0 heterocycles. The van der Waals surface area contributed by atoms with E-state index in [1.54, 1.807) is 4.31 Å². The van der Waals surface area contributed by atoms with Crippen molar-refractivity contribution in [1.82, 2.24) is 9.03 Å². The third-order valence-electron chi connectivity index (χ3n) is 3.56. The maximum Gasteiger partial charge on any atom is 0.280 e. The van der Waals surface area contributed by atoms with Crippen molar-refractivity contribution in [2.24, 2.45) is 5.73 Å². The molecule has 0 aromatic carbocycles. The Morgan fingerprint density at radius 1 is 1.15 bits per heavy atom. The fourth-order valence-electron chi connectivity index (χ4n) is 2.74. The molecule has 3 N–H and O–H groups in total. The molecule has 0 atom stereocenters. The molecule has 0 saturated heterocycles. The maximum atomic E-state index is 12.6. The molecule has 0 aromatic heterocycles. The normalized spacial score (nSPS) is 19.2. The van der Waals surface area contributed by atoms with E-state index in [9.17, 15) is 8.42 Å². The standard InChI is InChI=1S/C14H31N3O2S/c1-14(2,3)16-20(18,19)17(12-8-11-15)13-9-6-4-5-7-10-13/h13,16H,4-12,15H2,1-3H3. The average molecular weight is 305 g/mol. The summed E-state index contributed by atoms with van der Waals surface area (Å²) in [6.07, 6.45) is 7.32. The fraction of sp³-hybridized carbons (Fsp3) is 1.00. The summed E-state index contributed by atoms with van der Waals surface area (Å²) in [7, 11) is -3.44. The van der Waals surface area contributed by atoms with Gasteiger partial charge >= 0.3 is 0 Å². The van der Waals surface area contributed by atoms with Crippen molar-refractivity contribution in [1.29, 1.82) is 0 Å². The largest absolute Gasteiger partial charge is 0.330 e. The van der Waals surface area contributed by atoms with Gasteiger partial charge in [0.25, 0.3) is 10.2 Å². The molecule has 0 aromatic rings. The first-order valence-electron chi connectivity index (χ1n) is 7.77. The monoisotopic (exact) mass is 305 g/mol. The molecule has 1 aliphatic carbocycles. The SMILES string of the molecule is CC(C)(C)NS(=O)(=O)N(CCCN)C1CCCCCC1. The van der Waals surface area contributed by atoms with Crippen LogP contribution in [0.1, 0.15) is 65.7 Å². The van der Waals surface area contributed by atoms with Crippen molar-refractivity contribution in [2.45, 2.75) is 77.3 Å². The highest BCUT2D eigenvalue weighted by Gasteiger charge is 2.32. The first-order valence-corrected chi connectivity index (χ1v) is 9.21. The summed E-state index contributed by atoms with van der Waals surface area (Å²) in [4.78, 5) is 0. The van der Waals surface area contributed by atoms with E-state index in [2.05, 4.69) is 4.72 Å². The zero-order valence-electron chi connectivity index (χ0n) is 13.2. The van der Waals surface area contributed by atoms with Gasteiger partial charge in [-0.05, 0) is 46.6 Å². The topological polar surface area (TPSA) is 75.4 Å². The molecule has 0 spiro atoms. The molecular weight excluding hydrogens is 274 g/mol. The van der Waals surface area contributed by atoms with E-state index in [1.807, 2.05) is 20.8 Å². The van der Waals surface area contributed by atoms with Gasteiger partial charge in [-0.3, -0.25) is 0 Å². The lowest BCUT2D eigenvalue weighted by Gasteiger charge is -2.33. The Kier molecular flexibility index (Phi) is 6.91. The van der Waals surface area contributed by atoms with Crippen LogP contribution in [0.5, 0.6) is 0 Å². The number of nitrogens with two attached hydrogens (primary N) is 1. The molecule has 0 amide bonds. The van der Waals surface area contributed by atoms with Gasteiger partial charge in [-0.15, -0.1) is 0 Å². The van der Waals surface area contributed by atoms with Crippen LogP contribution in [0.4, 0.5) is 0 Å². The first kappa shape index (κ1) is 17.9. The lowest BCUT2D eigenvalue weighted by atomic mass is 10.1.